The molecule has 4 nitrogen and oxygen atoms in total. The van der Waals surface area contributed by atoms with Crippen molar-refractivity contribution in [2.75, 3.05) is 20.8 Å². The third kappa shape index (κ3) is 4.24. The lowest BCUT2D eigenvalue weighted by Gasteiger charge is -2.09. The lowest BCUT2D eigenvalue weighted by molar-refractivity contribution is 0.202. The number of hydrogen-bond donors (Lipinski definition) is 1. The molecule has 0 aliphatic heterocycles. The average molecular weight is 290 g/mol. The molecule has 0 aliphatic rings. The molecule has 0 atom stereocenters. The SMILES string of the molecule is CNCc1ccnc(Oc2ccc(CCOC)cc2)c1F. The normalized spacial score (nSPS) is 10.6. The minimum absolute atomic E-state index is 0.00704. The van der Waals surface area contributed by atoms with E-state index in [-0.39, 0.29) is 5.88 Å². The van der Waals surface area contributed by atoms with E-state index in [1.807, 2.05) is 12.1 Å². The molecule has 5 heteroatoms. The summed E-state index contributed by atoms with van der Waals surface area (Å²) in [6.07, 6.45) is 2.37. The van der Waals surface area contributed by atoms with Crippen LogP contribution in [0.25, 0.3) is 0 Å². The molecule has 0 unspecified atom stereocenters. The van der Waals surface area contributed by atoms with Crippen LogP contribution in [-0.2, 0) is 17.7 Å². The molecule has 112 valence electrons. The summed E-state index contributed by atoms with van der Waals surface area (Å²) < 4.78 is 24.7. The van der Waals surface area contributed by atoms with Crippen molar-refractivity contribution < 1.29 is 13.9 Å². The molecule has 1 aromatic carbocycles. The molecule has 0 amide bonds. The third-order valence-corrected chi connectivity index (χ3v) is 3.04. The van der Waals surface area contributed by atoms with E-state index < -0.39 is 5.82 Å². The van der Waals surface area contributed by atoms with E-state index in [1.54, 1.807) is 32.4 Å². The van der Waals surface area contributed by atoms with Gasteiger partial charge in [0.2, 0.25) is 0 Å². The molecule has 1 aromatic heterocycles. The summed E-state index contributed by atoms with van der Waals surface area (Å²) in [4.78, 5) is 3.94. The first kappa shape index (κ1) is 15.4. The number of nitrogens with zero attached hydrogens (tertiary/aromatic N) is 1. The Bertz CT molecular complexity index is 573. The van der Waals surface area contributed by atoms with Crippen LogP contribution in [0.4, 0.5) is 4.39 Å². The van der Waals surface area contributed by atoms with Crippen LogP contribution in [0, 0.1) is 5.82 Å². The molecule has 0 aliphatic carbocycles. The maximum absolute atomic E-state index is 14.1. The maximum atomic E-state index is 14.1. The second-order valence-corrected chi connectivity index (χ2v) is 4.61. The van der Waals surface area contributed by atoms with Crippen LogP contribution in [0.3, 0.4) is 0 Å². The van der Waals surface area contributed by atoms with Gasteiger partial charge in [-0.2, -0.15) is 0 Å². The van der Waals surface area contributed by atoms with Gasteiger partial charge in [-0.15, -0.1) is 0 Å². The second kappa shape index (κ2) is 7.71. The average Bonchev–Trinajstić information content (AvgIpc) is 2.51. The highest BCUT2D eigenvalue weighted by Gasteiger charge is 2.11. The molecule has 21 heavy (non-hydrogen) atoms. The van der Waals surface area contributed by atoms with Gasteiger partial charge in [0, 0.05) is 25.4 Å². The molecular weight excluding hydrogens is 271 g/mol. The summed E-state index contributed by atoms with van der Waals surface area (Å²) in [5.74, 6) is 0.117. The highest BCUT2D eigenvalue weighted by Crippen LogP contribution is 2.24. The Labute approximate surface area is 123 Å². The van der Waals surface area contributed by atoms with Crippen molar-refractivity contribution >= 4 is 0 Å². The third-order valence-electron chi connectivity index (χ3n) is 3.04. The van der Waals surface area contributed by atoms with Crippen molar-refractivity contribution in [2.45, 2.75) is 13.0 Å². The van der Waals surface area contributed by atoms with Crippen LogP contribution in [0.2, 0.25) is 0 Å². The zero-order valence-corrected chi connectivity index (χ0v) is 12.2. The van der Waals surface area contributed by atoms with Crippen LogP contribution in [-0.4, -0.2) is 25.7 Å². The number of methoxy groups -OCH3 is 1. The van der Waals surface area contributed by atoms with Crippen molar-refractivity contribution in [1.29, 1.82) is 0 Å². The van der Waals surface area contributed by atoms with E-state index in [0.29, 0.717) is 24.5 Å². The Kier molecular flexibility index (Phi) is 5.66. The van der Waals surface area contributed by atoms with Crippen molar-refractivity contribution in [3.63, 3.8) is 0 Å². The lowest BCUT2D eigenvalue weighted by atomic mass is 10.1. The van der Waals surface area contributed by atoms with Gasteiger partial charge < -0.3 is 14.8 Å². The van der Waals surface area contributed by atoms with Gasteiger partial charge in [-0.1, -0.05) is 12.1 Å². The molecule has 0 bridgehead atoms. The molecule has 0 spiro atoms. The number of hydrogen-bond acceptors (Lipinski definition) is 4. The Morgan fingerprint density at radius 3 is 2.62 bits per heavy atom. The molecule has 1 heterocycles. The fraction of sp³-hybridized carbons (Fsp3) is 0.312. The first-order valence-corrected chi connectivity index (χ1v) is 6.78. The number of nitrogens with one attached hydrogen (secondary N) is 1. The quantitative estimate of drug-likeness (QED) is 0.851. The van der Waals surface area contributed by atoms with Gasteiger partial charge in [-0.3, -0.25) is 0 Å². The standard InChI is InChI=1S/C16H19FN2O2/c1-18-11-13-7-9-19-16(15(13)17)21-14-5-3-12(4-6-14)8-10-20-2/h3-7,9,18H,8,10-11H2,1-2H3. The summed E-state index contributed by atoms with van der Waals surface area (Å²) in [7, 11) is 3.43. The van der Waals surface area contributed by atoms with Crippen LogP contribution in [0.15, 0.2) is 36.5 Å². The van der Waals surface area contributed by atoms with Crippen molar-refractivity contribution in [1.82, 2.24) is 10.3 Å². The van der Waals surface area contributed by atoms with Gasteiger partial charge in [0.15, 0.2) is 5.82 Å². The number of benzene rings is 1. The van der Waals surface area contributed by atoms with Gasteiger partial charge >= 0.3 is 0 Å². The van der Waals surface area contributed by atoms with E-state index in [9.17, 15) is 4.39 Å². The minimum Gasteiger partial charge on any atom is -0.436 e. The highest BCUT2D eigenvalue weighted by atomic mass is 19.1. The lowest BCUT2D eigenvalue weighted by Crippen LogP contribution is -2.08. The number of ether oxygens (including phenoxy) is 2. The Hall–Kier alpha value is -1.98. The van der Waals surface area contributed by atoms with Gasteiger partial charge in [0.25, 0.3) is 5.88 Å². The summed E-state index contributed by atoms with van der Waals surface area (Å²) in [5.41, 5.74) is 1.67. The van der Waals surface area contributed by atoms with Crippen LogP contribution in [0.1, 0.15) is 11.1 Å². The molecule has 2 rings (SSSR count). The van der Waals surface area contributed by atoms with Gasteiger partial charge in [-0.05, 0) is 37.2 Å². The molecular formula is C16H19FN2O2. The zero-order valence-electron chi connectivity index (χ0n) is 12.2. The van der Waals surface area contributed by atoms with Crippen molar-refractivity contribution in [3.05, 3.63) is 53.5 Å². The van der Waals surface area contributed by atoms with E-state index in [0.717, 1.165) is 12.0 Å². The van der Waals surface area contributed by atoms with E-state index in [1.165, 1.54) is 6.20 Å². The minimum atomic E-state index is -0.435. The fourth-order valence-corrected chi connectivity index (χ4v) is 1.92. The smallest absolute Gasteiger partial charge is 0.256 e. The molecule has 1 N–H and O–H groups in total. The first-order valence-electron chi connectivity index (χ1n) is 6.78. The summed E-state index contributed by atoms with van der Waals surface area (Å²) in [5, 5.41) is 2.91. The fourth-order valence-electron chi connectivity index (χ4n) is 1.92. The molecule has 0 saturated heterocycles. The molecule has 2 aromatic rings. The van der Waals surface area contributed by atoms with Gasteiger partial charge in [0.1, 0.15) is 5.75 Å². The van der Waals surface area contributed by atoms with E-state index in [2.05, 4.69) is 10.3 Å². The molecule has 0 fully saturated rings. The highest BCUT2D eigenvalue weighted by molar-refractivity contribution is 5.32. The number of rotatable bonds is 7. The van der Waals surface area contributed by atoms with Crippen LogP contribution >= 0.6 is 0 Å². The summed E-state index contributed by atoms with van der Waals surface area (Å²) in [6, 6.07) is 9.10. The number of pyridine rings is 1. The predicted octanol–water partition coefficient (Wildman–Crippen LogP) is 2.92. The Balaban J connectivity index is 2.09. The summed E-state index contributed by atoms with van der Waals surface area (Å²) >= 11 is 0. The van der Waals surface area contributed by atoms with Crippen molar-refractivity contribution in [2.24, 2.45) is 0 Å². The zero-order chi connectivity index (χ0) is 15.1. The van der Waals surface area contributed by atoms with E-state index >= 15 is 0 Å². The maximum Gasteiger partial charge on any atom is 0.256 e. The van der Waals surface area contributed by atoms with Crippen LogP contribution in [0.5, 0.6) is 11.6 Å². The Morgan fingerprint density at radius 2 is 1.95 bits per heavy atom. The Morgan fingerprint density at radius 1 is 1.19 bits per heavy atom. The number of halogens is 1. The first-order chi connectivity index (χ1) is 10.2. The molecule has 0 saturated carbocycles. The molecule has 0 radical (unpaired) electrons. The predicted molar refractivity (Wildman–Crippen MR) is 79.1 cm³/mol. The van der Waals surface area contributed by atoms with Crippen LogP contribution < -0.4 is 10.1 Å². The van der Waals surface area contributed by atoms with Gasteiger partial charge in [-0.25, -0.2) is 9.37 Å². The summed E-state index contributed by atoms with van der Waals surface area (Å²) in [6.45, 7) is 1.10. The van der Waals surface area contributed by atoms with Gasteiger partial charge in [0.05, 0.1) is 6.61 Å². The topological polar surface area (TPSA) is 43.4 Å². The van der Waals surface area contributed by atoms with E-state index in [4.69, 9.17) is 9.47 Å². The largest absolute Gasteiger partial charge is 0.436 e. The van der Waals surface area contributed by atoms with Crippen molar-refractivity contribution in [3.8, 4) is 11.6 Å². The second-order valence-electron chi connectivity index (χ2n) is 4.61. The number of aromatic nitrogens is 1. The monoisotopic (exact) mass is 290 g/mol.